The van der Waals surface area contributed by atoms with Gasteiger partial charge in [0.2, 0.25) is 0 Å². The Morgan fingerprint density at radius 3 is 2.32 bits per heavy atom. The zero-order valence-electron chi connectivity index (χ0n) is 14.4. The first-order valence-electron chi connectivity index (χ1n) is 8.25. The average Bonchev–Trinajstić information content (AvgIpc) is 2.64. The van der Waals surface area contributed by atoms with E-state index in [-0.39, 0.29) is 12.2 Å². The summed E-state index contributed by atoms with van der Waals surface area (Å²) >= 11 is 0. The van der Waals surface area contributed by atoms with Crippen molar-refractivity contribution in [3.63, 3.8) is 0 Å². The fourth-order valence-corrected chi connectivity index (χ4v) is 2.11. The Morgan fingerprint density at radius 1 is 0.880 bits per heavy atom. The van der Waals surface area contributed by atoms with Gasteiger partial charge >= 0.3 is 0 Å². The number of nitrogens with zero attached hydrogens (tertiary/aromatic N) is 2. The molecule has 2 rings (SSSR count). The molecule has 0 spiro atoms. The van der Waals surface area contributed by atoms with Crippen LogP contribution in [0.25, 0.3) is 12.2 Å². The molecule has 2 atom stereocenters. The molecule has 2 unspecified atom stereocenters. The Morgan fingerprint density at radius 2 is 1.60 bits per heavy atom. The zero-order valence-corrected chi connectivity index (χ0v) is 14.4. The molecule has 0 aliphatic rings. The number of aromatic nitrogens is 2. The highest BCUT2D eigenvalue weighted by Crippen LogP contribution is 2.00. The summed E-state index contributed by atoms with van der Waals surface area (Å²) in [6.07, 6.45) is 22.8. The van der Waals surface area contributed by atoms with Crippen LogP contribution < -0.4 is 11.1 Å². The van der Waals surface area contributed by atoms with Crippen molar-refractivity contribution in [2.24, 2.45) is 5.73 Å². The molecule has 0 amide bonds. The van der Waals surface area contributed by atoms with E-state index in [4.69, 9.17) is 5.73 Å². The molecule has 0 saturated heterocycles. The van der Waals surface area contributed by atoms with E-state index in [1.165, 1.54) is 0 Å². The maximum atomic E-state index is 6.05. The van der Waals surface area contributed by atoms with Crippen LogP contribution in [0, 0.1) is 0 Å². The van der Waals surface area contributed by atoms with Gasteiger partial charge in [-0.25, -0.2) is 0 Å². The topological polar surface area (TPSA) is 63.8 Å². The van der Waals surface area contributed by atoms with Gasteiger partial charge < -0.3 is 5.73 Å². The number of hydrogen-bond donors (Lipinski definition) is 2. The van der Waals surface area contributed by atoms with Gasteiger partial charge in [0.05, 0.1) is 6.17 Å². The summed E-state index contributed by atoms with van der Waals surface area (Å²) in [5, 5.41) is 3.29. The standard InChI is InChI=1S/C21H24N4/c1-18(7-2-3-8-19-12-15-23-16-13-19)25-21(22)11-5-4-9-20-10-6-14-24-17-20/h2-18,21,25H,22H2,1H3/b7-2+,8-3+,9-4+,11-5+. The molecule has 0 bridgehead atoms. The predicted molar refractivity (Wildman–Crippen MR) is 105 cm³/mol. The maximum Gasteiger partial charge on any atom is 0.0746 e. The summed E-state index contributed by atoms with van der Waals surface area (Å²) in [6, 6.07) is 8.01. The van der Waals surface area contributed by atoms with Crippen molar-refractivity contribution in [3.8, 4) is 0 Å². The molecule has 4 nitrogen and oxygen atoms in total. The van der Waals surface area contributed by atoms with Gasteiger partial charge in [0.15, 0.2) is 0 Å². The van der Waals surface area contributed by atoms with Gasteiger partial charge in [-0.1, -0.05) is 54.7 Å². The van der Waals surface area contributed by atoms with Crippen molar-refractivity contribution in [1.29, 1.82) is 0 Å². The Bertz CT molecular complexity index is 655. The van der Waals surface area contributed by atoms with Crippen LogP contribution in [0.3, 0.4) is 0 Å². The fourth-order valence-electron chi connectivity index (χ4n) is 2.11. The van der Waals surface area contributed by atoms with E-state index in [0.717, 1.165) is 11.1 Å². The molecular formula is C21H24N4. The Labute approximate surface area is 149 Å². The van der Waals surface area contributed by atoms with Gasteiger partial charge in [-0.05, 0) is 36.2 Å². The van der Waals surface area contributed by atoms with Crippen LogP contribution in [0.15, 0.2) is 85.5 Å². The van der Waals surface area contributed by atoms with Crippen molar-refractivity contribution >= 4 is 12.2 Å². The first-order valence-corrected chi connectivity index (χ1v) is 8.25. The minimum absolute atomic E-state index is 0.170. The van der Waals surface area contributed by atoms with Crippen molar-refractivity contribution in [2.75, 3.05) is 0 Å². The lowest BCUT2D eigenvalue weighted by atomic mass is 10.2. The van der Waals surface area contributed by atoms with Crippen LogP contribution in [0.2, 0.25) is 0 Å². The summed E-state index contributed by atoms with van der Waals surface area (Å²) in [6.45, 7) is 2.07. The van der Waals surface area contributed by atoms with Crippen LogP contribution in [0.4, 0.5) is 0 Å². The number of nitrogens with two attached hydrogens (primary N) is 1. The molecule has 0 radical (unpaired) electrons. The van der Waals surface area contributed by atoms with Crippen molar-refractivity contribution in [2.45, 2.75) is 19.1 Å². The van der Waals surface area contributed by atoms with E-state index >= 15 is 0 Å². The molecular weight excluding hydrogens is 308 g/mol. The molecule has 0 aliphatic carbocycles. The molecule has 0 fully saturated rings. The highest BCUT2D eigenvalue weighted by molar-refractivity contribution is 5.50. The van der Waals surface area contributed by atoms with E-state index < -0.39 is 0 Å². The second kappa shape index (κ2) is 10.9. The largest absolute Gasteiger partial charge is 0.313 e. The van der Waals surface area contributed by atoms with E-state index in [9.17, 15) is 0 Å². The van der Waals surface area contributed by atoms with E-state index in [1.54, 1.807) is 18.6 Å². The first kappa shape index (κ1) is 18.5. The lowest BCUT2D eigenvalue weighted by molar-refractivity contribution is 0.569. The summed E-state index contributed by atoms with van der Waals surface area (Å²) in [4.78, 5) is 8.06. The minimum atomic E-state index is -0.206. The lowest BCUT2D eigenvalue weighted by Gasteiger charge is -2.13. The molecule has 2 heterocycles. The Kier molecular flexibility index (Phi) is 8.05. The quantitative estimate of drug-likeness (QED) is 0.573. The van der Waals surface area contributed by atoms with Gasteiger partial charge in [0.25, 0.3) is 0 Å². The summed E-state index contributed by atoms with van der Waals surface area (Å²) in [5.41, 5.74) is 8.23. The fraction of sp³-hybridized carbons (Fsp3) is 0.143. The first-order chi connectivity index (χ1) is 12.2. The molecule has 0 saturated carbocycles. The van der Waals surface area contributed by atoms with E-state index in [2.05, 4.69) is 28.3 Å². The highest BCUT2D eigenvalue weighted by atomic mass is 15.0. The number of hydrogen-bond acceptors (Lipinski definition) is 4. The lowest BCUT2D eigenvalue weighted by Crippen LogP contribution is -2.40. The number of nitrogens with one attached hydrogen (secondary N) is 1. The Hall–Kier alpha value is -2.82. The van der Waals surface area contributed by atoms with Gasteiger partial charge in [0.1, 0.15) is 0 Å². The van der Waals surface area contributed by atoms with Gasteiger partial charge in [-0.15, -0.1) is 0 Å². The molecule has 2 aromatic heterocycles. The molecule has 128 valence electrons. The molecule has 3 N–H and O–H groups in total. The average molecular weight is 332 g/mol. The summed E-state index contributed by atoms with van der Waals surface area (Å²) < 4.78 is 0. The minimum Gasteiger partial charge on any atom is -0.313 e. The third kappa shape index (κ3) is 8.01. The normalized spacial score (nSPS) is 14.8. The highest BCUT2D eigenvalue weighted by Gasteiger charge is 1.99. The second-order valence-electron chi connectivity index (χ2n) is 5.54. The summed E-state index contributed by atoms with van der Waals surface area (Å²) in [5.74, 6) is 0. The van der Waals surface area contributed by atoms with Crippen LogP contribution in [0.5, 0.6) is 0 Å². The molecule has 4 heteroatoms. The van der Waals surface area contributed by atoms with Crippen molar-refractivity contribution in [1.82, 2.24) is 15.3 Å². The van der Waals surface area contributed by atoms with Crippen LogP contribution in [-0.2, 0) is 0 Å². The predicted octanol–water partition coefficient (Wildman–Crippen LogP) is 3.58. The third-order valence-electron chi connectivity index (χ3n) is 3.36. The van der Waals surface area contributed by atoms with Crippen LogP contribution >= 0.6 is 0 Å². The van der Waals surface area contributed by atoms with E-state index in [0.29, 0.717) is 0 Å². The number of pyridine rings is 2. The zero-order chi connectivity index (χ0) is 17.7. The maximum absolute atomic E-state index is 6.05. The van der Waals surface area contributed by atoms with Crippen molar-refractivity contribution < 1.29 is 0 Å². The molecule has 0 aromatic carbocycles. The number of rotatable bonds is 8. The molecule has 0 aliphatic heterocycles. The van der Waals surface area contributed by atoms with E-state index in [1.807, 2.05) is 73.0 Å². The van der Waals surface area contributed by atoms with Gasteiger partial charge in [-0.2, -0.15) is 0 Å². The molecule has 25 heavy (non-hydrogen) atoms. The van der Waals surface area contributed by atoms with Gasteiger partial charge in [-0.3, -0.25) is 15.3 Å². The number of allylic oxidation sites excluding steroid dienone is 4. The molecule has 2 aromatic rings. The second-order valence-corrected chi connectivity index (χ2v) is 5.54. The third-order valence-corrected chi connectivity index (χ3v) is 3.36. The van der Waals surface area contributed by atoms with Gasteiger partial charge in [0, 0.05) is 30.8 Å². The summed E-state index contributed by atoms with van der Waals surface area (Å²) in [7, 11) is 0. The smallest absolute Gasteiger partial charge is 0.0746 e. The van der Waals surface area contributed by atoms with Crippen LogP contribution in [-0.4, -0.2) is 22.2 Å². The van der Waals surface area contributed by atoms with Crippen molar-refractivity contribution in [3.05, 3.63) is 96.6 Å². The Balaban J connectivity index is 1.73. The SMILES string of the molecule is CC(/C=C/C=C/c1ccncc1)NC(N)/C=C/C=C/c1cccnc1. The monoisotopic (exact) mass is 332 g/mol. The van der Waals surface area contributed by atoms with Crippen LogP contribution in [0.1, 0.15) is 18.1 Å².